The number of aliphatic hydroxyl groups is 1. The molecule has 0 heterocycles. The first kappa shape index (κ1) is 20.9. The van der Waals surface area contributed by atoms with E-state index in [9.17, 15) is 9.50 Å². The van der Waals surface area contributed by atoms with Crippen molar-refractivity contribution in [1.29, 1.82) is 0 Å². The summed E-state index contributed by atoms with van der Waals surface area (Å²) >= 11 is 0. The first-order valence-corrected chi connectivity index (χ1v) is 9.22. The second-order valence-corrected chi connectivity index (χ2v) is 6.42. The average molecular weight is 304 g/mol. The van der Waals surface area contributed by atoms with E-state index in [-0.39, 0.29) is 0 Å². The van der Waals surface area contributed by atoms with E-state index in [1.165, 1.54) is 70.6 Å². The van der Waals surface area contributed by atoms with Crippen molar-refractivity contribution in [2.75, 3.05) is 6.67 Å². The minimum atomic E-state index is -0.692. The van der Waals surface area contributed by atoms with E-state index in [0.717, 1.165) is 12.8 Å². The van der Waals surface area contributed by atoms with Gasteiger partial charge in [0.05, 0.1) is 12.1 Å². The van der Waals surface area contributed by atoms with Crippen molar-refractivity contribution in [3.63, 3.8) is 0 Å². The van der Waals surface area contributed by atoms with E-state index in [1.807, 2.05) is 0 Å². The molecule has 21 heavy (non-hydrogen) atoms. The molecule has 0 aliphatic rings. The highest BCUT2D eigenvalue weighted by atomic mass is 19.1. The number of alkyl halides is 1. The van der Waals surface area contributed by atoms with Crippen LogP contribution in [0.4, 0.5) is 4.39 Å². The summed E-state index contributed by atoms with van der Waals surface area (Å²) in [6.07, 6.45) is 17.0. The van der Waals surface area contributed by atoms with Crippen LogP contribution in [-0.2, 0) is 0 Å². The molecular weight excluding hydrogens is 265 g/mol. The third-order valence-corrected chi connectivity index (χ3v) is 4.28. The van der Waals surface area contributed by atoms with E-state index < -0.39 is 18.8 Å². The molecular formula is C18H38FNO. The van der Waals surface area contributed by atoms with E-state index in [1.54, 1.807) is 0 Å². The lowest BCUT2D eigenvalue weighted by molar-refractivity contribution is 0.119. The maximum atomic E-state index is 12.2. The van der Waals surface area contributed by atoms with Gasteiger partial charge in [0.25, 0.3) is 0 Å². The summed E-state index contributed by atoms with van der Waals surface area (Å²) < 4.78 is 12.2. The fraction of sp³-hybridized carbons (Fsp3) is 1.00. The van der Waals surface area contributed by atoms with Gasteiger partial charge in [-0.25, -0.2) is 4.39 Å². The lowest BCUT2D eigenvalue weighted by Crippen LogP contribution is -2.36. The molecule has 0 unspecified atom stereocenters. The van der Waals surface area contributed by atoms with Crippen LogP contribution in [-0.4, -0.2) is 23.9 Å². The number of hydrogen-bond donors (Lipinski definition) is 2. The Hall–Kier alpha value is -0.150. The fourth-order valence-electron chi connectivity index (χ4n) is 2.69. The molecule has 0 spiro atoms. The normalized spacial score (nSPS) is 14.3. The molecule has 0 aromatic heterocycles. The molecule has 0 amide bonds. The number of aliphatic hydroxyl groups excluding tert-OH is 1. The molecule has 3 N–H and O–H groups in total. The van der Waals surface area contributed by atoms with Gasteiger partial charge >= 0.3 is 0 Å². The Balaban J connectivity index is 3.09. The first-order valence-electron chi connectivity index (χ1n) is 9.22. The lowest BCUT2D eigenvalue weighted by atomic mass is 10.0. The molecule has 0 aromatic carbocycles. The van der Waals surface area contributed by atoms with Crippen molar-refractivity contribution in [3.8, 4) is 0 Å². The van der Waals surface area contributed by atoms with E-state index in [4.69, 9.17) is 5.73 Å². The first-order chi connectivity index (χ1) is 10.2. The second-order valence-electron chi connectivity index (χ2n) is 6.42. The predicted octanol–water partition coefficient (Wildman–Crippen LogP) is 5.13. The zero-order valence-corrected chi connectivity index (χ0v) is 14.2. The summed E-state index contributed by atoms with van der Waals surface area (Å²) in [6.45, 7) is 1.63. The number of nitrogens with two attached hydrogens (primary N) is 1. The van der Waals surface area contributed by atoms with Crippen molar-refractivity contribution in [1.82, 2.24) is 0 Å². The van der Waals surface area contributed by atoms with Crippen LogP contribution in [0.3, 0.4) is 0 Å². The van der Waals surface area contributed by atoms with Crippen LogP contribution in [0, 0.1) is 0 Å². The Morgan fingerprint density at radius 3 is 1.52 bits per heavy atom. The summed E-state index contributed by atoms with van der Waals surface area (Å²) in [5.41, 5.74) is 5.44. The van der Waals surface area contributed by atoms with Gasteiger partial charge in [-0.2, -0.15) is 0 Å². The third kappa shape index (κ3) is 14.5. The quantitative estimate of drug-likeness (QED) is 0.388. The van der Waals surface area contributed by atoms with E-state index >= 15 is 0 Å². The highest BCUT2D eigenvalue weighted by Crippen LogP contribution is 2.13. The molecule has 0 saturated carbocycles. The highest BCUT2D eigenvalue weighted by molar-refractivity contribution is 4.70. The maximum absolute atomic E-state index is 12.2. The monoisotopic (exact) mass is 303 g/mol. The van der Waals surface area contributed by atoms with Crippen LogP contribution in [0.25, 0.3) is 0 Å². The van der Waals surface area contributed by atoms with Crippen LogP contribution in [0.1, 0.15) is 96.8 Å². The smallest absolute Gasteiger partial charge is 0.107 e. The van der Waals surface area contributed by atoms with Gasteiger partial charge in [0.15, 0.2) is 0 Å². The zero-order chi connectivity index (χ0) is 15.8. The summed E-state index contributed by atoms with van der Waals surface area (Å²) in [5.74, 6) is 0. The maximum Gasteiger partial charge on any atom is 0.107 e. The molecule has 0 bridgehead atoms. The zero-order valence-electron chi connectivity index (χ0n) is 14.2. The molecule has 2 nitrogen and oxygen atoms in total. The van der Waals surface area contributed by atoms with Crippen LogP contribution in [0.2, 0.25) is 0 Å². The van der Waals surface area contributed by atoms with Gasteiger partial charge in [-0.05, 0) is 6.42 Å². The van der Waals surface area contributed by atoms with Gasteiger partial charge in [-0.3, -0.25) is 0 Å². The van der Waals surface area contributed by atoms with Gasteiger partial charge in [0, 0.05) is 0 Å². The molecule has 0 saturated heterocycles. The van der Waals surface area contributed by atoms with Gasteiger partial charge in [0.1, 0.15) is 6.67 Å². The molecule has 0 fully saturated rings. The van der Waals surface area contributed by atoms with Gasteiger partial charge < -0.3 is 10.8 Å². The average Bonchev–Trinajstić information content (AvgIpc) is 2.50. The molecule has 0 aromatic rings. The largest absolute Gasteiger partial charge is 0.391 e. The second kappa shape index (κ2) is 16.2. The van der Waals surface area contributed by atoms with Crippen LogP contribution >= 0.6 is 0 Å². The standard InChI is InChI=1S/C18H38FNO/c1-2-3-4-5-6-7-8-9-10-11-12-13-14-15-18(21)17(20)16-19/h17-18,21H,2-16,20H2,1H3/t17-,18-/m1/s1. The predicted molar refractivity (Wildman–Crippen MR) is 90.3 cm³/mol. The Kier molecular flexibility index (Phi) is 16.1. The van der Waals surface area contributed by atoms with Gasteiger partial charge in [-0.15, -0.1) is 0 Å². The molecule has 128 valence electrons. The third-order valence-electron chi connectivity index (χ3n) is 4.28. The van der Waals surface area contributed by atoms with Gasteiger partial charge in [0.2, 0.25) is 0 Å². The van der Waals surface area contributed by atoms with E-state index in [0.29, 0.717) is 6.42 Å². The Bertz CT molecular complexity index is 202. The minimum absolute atomic E-state index is 0.625. The van der Waals surface area contributed by atoms with Crippen LogP contribution < -0.4 is 5.73 Å². The molecule has 2 atom stereocenters. The fourth-order valence-corrected chi connectivity index (χ4v) is 2.69. The lowest BCUT2D eigenvalue weighted by Gasteiger charge is -2.15. The molecule has 3 heteroatoms. The highest BCUT2D eigenvalue weighted by Gasteiger charge is 2.13. The summed E-state index contributed by atoms with van der Waals surface area (Å²) in [4.78, 5) is 0. The number of halogens is 1. The molecule has 0 aliphatic carbocycles. The Morgan fingerprint density at radius 2 is 1.14 bits per heavy atom. The van der Waals surface area contributed by atoms with E-state index in [2.05, 4.69) is 6.92 Å². The van der Waals surface area contributed by atoms with Crippen LogP contribution in [0.15, 0.2) is 0 Å². The minimum Gasteiger partial charge on any atom is -0.391 e. The number of hydrogen-bond acceptors (Lipinski definition) is 2. The topological polar surface area (TPSA) is 46.2 Å². The number of rotatable bonds is 16. The van der Waals surface area contributed by atoms with Gasteiger partial charge in [-0.1, -0.05) is 90.4 Å². The molecule has 0 radical (unpaired) electrons. The van der Waals surface area contributed by atoms with Crippen LogP contribution in [0.5, 0.6) is 0 Å². The van der Waals surface area contributed by atoms with Crippen molar-refractivity contribution in [2.24, 2.45) is 5.73 Å². The summed E-state index contributed by atoms with van der Waals surface area (Å²) in [6, 6.07) is -0.692. The van der Waals surface area contributed by atoms with Crippen molar-refractivity contribution in [3.05, 3.63) is 0 Å². The van der Waals surface area contributed by atoms with Crippen molar-refractivity contribution >= 4 is 0 Å². The number of unbranched alkanes of at least 4 members (excludes halogenated alkanes) is 12. The summed E-state index contributed by atoms with van der Waals surface area (Å²) in [7, 11) is 0. The van der Waals surface area contributed by atoms with Crippen molar-refractivity contribution in [2.45, 2.75) is 109 Å². The SMILES string of the molecule is CCCCCCCCCCCCCCC[C@@H](O)[C@H](N)CF. The molecule has 0 aliphatic heterocycles. The molecule has 0 rings (SSSR count). The van der Waals surface area contributed by atoms with Crippen molar-refractivity contribution < 1.29 is 9.50 Å². The Labute approximate surface area is 131 Å². The summed E-state index contributed by atoms with van der Waals surface area (Å²) in [5, 5.41) is 9.53. The Morgan fingerprint density at radius 1 is 0.762 bits per heavy atom.